The van der Waals surface area contributed by atoms with Crippen molar-refractivity contribution in [3.05, 3.63) is 54.6 Å². The summed E-state index contributed by atoms with van der Waals surface area (Å²) in [6.45, 7) is 0.442. The molecule has 0 aliphatic rings. The van der Waals surface area contributed by atoms with Gasteiger partial charge >= 0.3 is 0 Å². The Morgan fingerprint density at radius 1 is 0.920 bits per heavy atom. The molecule has 0 atom stereocenters. The van der Waals surface area contributed by atoms with Crippen LogP contribution in [0.25, 0.3) is 0 Å². The van der Waals surface area contributed by atoms with Gasteiger partial charge < -0.3 is 15.4 Å². The molecule has 2 aromatic rings. The van der Waals surface area contributed by atoms with Crippen LogP contribution in [0.15, 0.2) is 54.6 Å². The third-order valence-electron chi connectivity index (χ3n) is 3.27. The van der Waals surface area contributed by atoms with Crippen molar-refractivity contribution in [3.63, 3.8) is 0 Å². The Bertz CT molecular complexity index is 754. The standard InChI is InChI=1S/C19H19N3O3/c20-13-12-19(24)22-17-10-5-4-9-16(17)21-18(23)11-6-14-25-15-7-2-1-3-8-15/h1-5,7-10H,6,11-12,14H2,(H,21,23)(H,22,24). The van der Waals surface area contributed by atoms with E-state index < -0.39 is 5.91 Å². The molecule has 2 rings (SSSR count). The lowest BCUT2D eigenvalue weighted by Gasteiger charge is -2.11. The molecule has 2 amide bonds. The summed E-state index contributed by atoms with van der Waals surface area (Å²) in [5.41, 5.74) is 0.972. The van der Waals surface area contributed by atoms with Gasteiger partial charge in [0, 0.05) is 6.42 Å². The lowest BCUT2D eigenvalue weighted by Crippen LogP contribution is -2.16. The minimum Gasteiger partial charge on any atom is -0.494 e. The second kappa shape index (κ2) is 9.73. The number of nitriles is 1. The Hall–Kier alpha value is -3.33. The van der Waals surface area contributed by atoms with Crippen molar-refractivity contribution in [1.29, 1.82) is 5.26 Å². The zero-order chi connectivity index (χ0) is 17.9. The van der Waals surface area contributed by atoms with Crippen LogP contribution in [0.3, 0.4) is 0 Å². The van der Waals surface area contributed by atoms with Gasteiger partial charge in [-0.2, -0.15) is 5.26 Å². The molecule has 2 N–H and O–H groups in total. The number of hydrogen-bond donors (Lipinski definition) is 2. The monoisotopic (exact) mass is 337 g/mol. The van der Waals surface area contributed by atoms with Crippen LogP contribution in [0.4, 0.5) is 11.4 Å². The van der Waals surface area contributed by atoms with Crippen molar-refractivity contribution in [2.24, 2.45) is 0 Å². The van der Waals surface area contributed by atoms with Gasteiger partial charge in [-0.25, -0.2) is 0 Å². The van der Waals surface area contributed by atoms with Gasteiger partial charge in [0.2, 0.25) is 11.8 Å². The summed E-state index contributed by atoms with van der Waals surface area (Å²) in [6, 6.07) is 18.1. The lowest BCUT2D eigenvalue weighted by molar-refractivity contribution is -0.117. The summed E-state index contributed by atoms with van der Waals surface area (Å²) in [7, 11) is 0. The predicted octanol–water partition coefficient (Wildman–Crippen LogP) is 3.34. The average Bonchev–Trinajstić information content (AvgIpc) is 2.61. The minimum atomic E-state index is -0.416. The molecule has 25 heavy (non-hydrogen) atoms. The fourth-order valence-corrected chi connectivity index (χ4v) is 2.12. The number of anilines is 2. The molecule has 0 fully saturated rings. The van der Waals surface area contributed by atoms with Gasteiger partial charge in [-0.15, -0.1) is 0 Å². The van der Waals surface area contributed by atoms with E-state index in [2.05, 4.69) is 10.6 Å². The molecule has 0 spiro atoms. The number of para-hydroxylation sites is 3. The zero-order valence-corrected chi connectivity index (χ0v) is 13.7. The van der Waals surface area contributed by atoms with Crippen LogP contribution in [-0.4, -0.2) is 18.4 Å². The maximum absolute atomic E-state index is 12.1. The van der Waals surface area contributed by atoms with Gasteiger partial charge in [-0.1, -0.05) is 30.3 Å². The molecule has 0 saturated heterocycles. The fraction of sp³-hybridized carbons (Fsp3) is 0.211. The summed E-state index contributed by atoms with van der Waals surface area (Å²) < 4.78 is 5.54. The van der Waals surface area contributed by atoms with Crippen molar-refractivity contribution in [2.45, 2.75) is 19.3 Å². The van der Waals surface area contributed by atoms with Gasteiger partial charge in [0.1, 0.15) is 12.2 Å². The van der Waals surface area contributed by atoms with Crippen molar-refractivity contribution in [2.75, 3.05) is 17.2 Å². The average molecular weight is 337 g/mol. The van der Waals surface area contributed by atoms with E-state index in [-0.39, 0.29) is 12.3 Å². The normalized spacial score (nSPS) is 9.72. The Kier molecular flexibility index (Phi) is 7.01. The lowest BCUT2D eigenvalue weighted by atomic mass is 10.2. The third kappa shape index (κ3) is 6.36. The van der Waals surface area contributed by atoms with E-state index in [0.29, 0.717) is 30.8 Å². The highest BCUT2D eigenvalue weighted by Gasteiger charge is 2.09. The first-order chi connectivity index (χ1) is 12.2. The molecule has 2 aromatic carbocycles. The minimum absolute atomic E-state index is 0.168. The molecule has 0 unspecified atom stereocenters. The molecule has 0 radical (unpaired) electrons. The molecule has 0 bridgehead atoms. The highest BCUT2D eigenvalue weighted by atomic mass is 16.5. The molecule has 6 heteroatoms. The van der Waals surface area contributed by atoms with E-state index in [1.165, 1.54) is 0 Å². The summed E-state index contributed by atoms with van der Waals surface area (Å²) in [5, 5.41) is 13.9. The summed E-state index contributed by atoms with van der Waals surface area (Å²) in [4.78, 5) is 23.6. The van der Waals surface area contributed by atoms with E-state index in [0.717, 1.165) is 5.75 Å². The number of carbonyl (C=O) groups excluding carboxylic acids is 2. The third-order valence-corrected chi connectivity index (χ3v) is 3.27. The summed E-state index contributed by atoms with van der Waals surface area (Å²) >= 11 is 0. The van der Waals surface area contributed by atoms with Crippen molar-refractivity contribution < 1.29 is 14.3 Å². The Morgan fingerprint density at radius 3 is 2.16 bits per heavy atom. The summed E-state index contributed by atoms with van der Waals surface area (Å²) in [5.74, 6) is 0.188. The van der Waals surface area contributed by atoms with Crippen LogP contribution in [0.2, 0.25) is 0 Å². The molecular weight excluding hydrogens is 318 g/mol. The van der Waals surface area contributed by atoms with Gasteiger partial charge in [0.25, 0.3) is 0 Å². The van der Waals surface area contributed by atoms with E-state index >= 15 is 0 Å². The number of carbonyl (C=O) groups is 2. The first kappa shape index (κ1) is 18.0. The Morgan fingerprint density at radius 2 is 1.52 bits per heavy atom. The highest BCUT2D eigenvalue weighted by molar-refractivity contribution is 5.99. The maximum atomic E-state index is 12.1. The smallest absolute Gasteiger partial charge is 0.238 e. The number of nitrogens with zero attached hydrogens (tertiary/aromatic N) is 1. The van der Waals surface area contributed by atoms with Gasteiger partial charge in [-0.3, -0.25) is 9.59 Å². The molecule has 0 heterocycles. The Labute approximate surface area is 146 Å². The number of nitrogens with one attached hydrogen (secondary N) is 2. The quantitative estimate of drug-likeness (QED) is 0.723. The largest absolute Gasteiger partial charge is 0.494 e. The number of amides is 2. The fourth-order valence-electron chi connectivity index (χ4n) is 2.12. The second-order valence-electron chi connectivity index (χ2n) is 5.24. The van der Waals surface area contributed by atoms with E-state index in [1.807, 2.05) is 30.3 Å². The molecule has 6 nitrogen and oxygen atoms in total. The zero-order valence-electron chi connectivity index (χ0n) is 13.7. The maximum Gasteiger partial charge on any atom is 0.238 e. The predicted molar refractivity (Wildman–Crippen MR) is 95.1 cm³/mol. The SMILES string of the molecule is N#CCC(=O)Nc1ccccc1NC(=O)CCCOc1ccccc1. The highest BCUT2D eigenvalue weighted by Crippen LogP contribution is 2.21. The molecular formula is C19H19N3O3. The molecule has 0 saturated carbocycles. The molecule has 0 aromatic heterocycles. The van der Waals surface area contributed by atoms with Crippen LogP contribution < -0.4 is 15.4 Å². The van der Waals surface area contributed by atoms with Crippen LogP contribution in [-0.2, 0) is 9.59 Å². The number of hydrogen-bond acceptors (Lipinski definition) is 4. The number of benzene rings is 2. The summed E-state index contributed by atoms with van der Waals surface area (Å²) in [6.07, 6.45) is 0.635. The molecule has 0 aliphatic heterocycles. The van der Waals surface area contributed by atoms with E-state index in [4.69, 9.17) is 10.00 Å². The van der Waals surface area contributed by atoms with Crippen LogP contribution in [0.1, 0.15) is 19.3 Å². The van der Waals surface area contributed by atoms with Crippen LogP contribution >= 0.6 is 0 Å². The van der Waals surface area contributed by atoms with Gasteiger partial charge in [0.05, 0.1) is 24.1 Å². The molecule has 0 aliphatic carbocycles. The first-order valence-corrected chi connectivity index (χ1v) is 7.92. The van der Waals surface area contributed by atoms with E-state index in [9.17, 15) is 9.59 Å². The van der Waals surface area contributed by atoms with Crippen LogP contribution in [0, 0.1) is 11.3 Å². The number of ether oxygens (including phenoxy) is 1. The van der Waals surface area contributed by atoms with E-state index in [1.54, 1.807) is 30.3 Å². The topological polar surface area (TPSA) is 91.2 Å². The number of rotatable bonds is 8. The first-order valence-electron chi connectivity index (χ1n) is 7.92. The van der Waals surface area contributed by atoms with Crippen LogP contribution in [0.5, 0.6) is 5.75 Å². The molecule has 128 valence electrons. The van der Waals surface area contributed by atoms with Gasteiger partial charge in [0.15, 0.2) is 0 Å². The van der Waals surface area contributed by atoms with Gasteiger partial charge in [-0.05, 0) is 30.7 Å². The Balaban J connectivity index is 1.80. The van der Waals surface area contributed by atoms with Crippen molar-refractivity contribution >= 4 is 23.2 Å². The van der Waals surface area contributed by atoms with Crippen molar-refractivity contribution in [3.8, 4) is 11.8 Å². The second-order valence-corrected chi connectivity index (χ2v) is 5.24. The van der Waals surface area contributed by atoms with Crippen molar-refractivity contribution in [1.82, 2.24) is 0 Å².